The zero-order valence-corrected chi connectivity index (χ0v) is 9.31. The van der Waals surface area contributed by atoms with Crippen LogP contribution in [0.2, 0.25) is 0 Å². The molecule has 16 heavy (non-hydrogen) atoms. The first kappa shape index (κ1) is 12.3. The van der Waals surface area contributed by atoms with E-state index in [1.165, 1.54) is 13.1 Å². The molecule has 1 fully saturated rings. The number of nitrogens with zero attached hydrogens (tertiary/aromatic N) is 2. The Morgan fingerprint density at radius 3 is 2.25 bits per heavy atom. The summed E-state index contributed by atoms with van der Waals surface area (Å²) in [5.41, 5.74) is 5.53. The van der Waals surface area contributed by atoms with E-state index in [0.29, 0.717) is 10.7 Å². The Balaban J connectivity index is 0.000000365. The Labute approximate surface area is 98.2 Å². The van der Waals surface area contributed by atoms with Crippen molar-refractivity contribution in [2.75, 3.05) is 18.1 Å². The Kier molecular flexibility index (Phi) is 4.62. The van der Waals surface area contributed by atoms with Crippen LogP contribution in [0, 0.1) is 10.1 Å². The highest BCUT2D eigenvalue weighted by molar-refractivity contribution is 7.80. The normalized spacial score (nSPS) is 12.0. The predicted octanol–water partition coefficient (Wildman–Crippen LogP) is 0.518. The van der Waals surface area contributed by atoms with Gasteiger partial charge in [-0.1, -0.05) is 18.2 Å². The van der Waals surface area contributed by atoms with E-state index in [-0.39, 0.29) is 5.11 Å². The summed E-state index contributed by atoms with van der Waals surface area (Å²) < 4.78 is 0. The highest BCUT2D eigenvalue weighted by Gasteiger charge is 2.19. The van der Waals surface area contributed by atoms with Crippen molar-refractivity contribution in [2.24, 2.45) is 5.73 Å². The molecule has 0 aromatic heterocycles. The van der Waals surface area contributed by atoms with Crippen molar-refractivity contribution in [3.05, 3.63) is 40.4 Å². The number of anilines is 1. The van der Waals surface area contributed by atoms with Gasteiger partial charge in [-0.3, -0.25) is 0 Å². The van der Waals surface area contributed by atoms with Crippen molar-refractivity contribution in [3.63, 3.8) is 0 Å². The van der Waals surface area contributed by atoms with Crippen LogP contribution in [0.3, 0.4) is 0 Å². The smallest absolute Gasteiger partial charge is 0.236 e. The topological polar surface area (TPSA) is 94.3 Å². The minimum Gasteiger partial charge on any atom is -0.371 e. The van der Waals surface area contributed by atoms with E-state index in [0.717, 1.165) is 0 Å². The summed E-state index contributed by atoms with van der Waals surface area (Å²) in [7, 11) is 0. The fourth-order valence-electron chi connectivity index (χ4n) is 0.871. The van der Waals surface area contributed by atoms with E-state index in [2.05, 4.69) is 17.5 Å². The van der Waals surface area contributed by atoms with E-state index in [9.17, 15) is 10.1 Å². The van der Waals surface area contributed by atoms with Crippen molar-refractivity contribution in [1.29, 1.82) is 0 Å². The number of hydrazine groups is 1. The van der Waals surface area contributed by atoms with Crippen LogP contribution in [0.1, 0.15) is 0 Å². The van der Waals surface area contributed by atoms with Crippen LogP contribution in [0.25, 0.3) is 0 Å². The van der Waals surface area contributed by atoms with E-state index in [4.69, 9.17) is 5.73 Å². The minimum atomic E-state index is -0.655. The van der Waals surface area contributed by atoms with Crippen LogP contribution in [0.4, 0.5) is 5.69 Å². The molecule has 3 N–H and O–H groups in total. The van der Waals surface area contributed by atoms with E-state index in [1.807, 2.05) is 0 Å². The van der Waals surface area contributed by atoms with E-state index >= 15 is 0 Å². The summed E-state index contributed by atoms with van der Waals surface area (Å²) >= 11 is 4.54. The lowest BCUT2D eigenvalue weighted by Gasteiger charge is -2.10. The second-order valence-electron chi connectivity index (χ2n) is 2.97. The number of thiocarbonyl (C=S) groups is 1. The third kappa shape index (κ3) is 4.20. The summed E-state index contributed by atoms with van der Waals surface area (Å²) in [6.45, 7) is 2.50. The second-order valence-corrected chi connectivity index (χ2v) is 3.39. The van der Waals surface area contributed by atoms with Crippen LogP contribution in [0.5, 0.6) is 0 Å². The first-order valence-corrected chi connectivity index (χ1v) is 5.03. The molecule has 0 spiro atoms. The average Bonchev–Trinajstić information content (AvgIpc) is 3.04. The number of para-hydroxylation sites is 1. The van der Waals surface area contributed by atoms with Gasteiger partial charge in [-0.15, -0.1) is 0 Å². The van der Waals surface area contributed by atoms with Gasteiger partial charge in [0.25, 0.3) is 0 Å². The number of benzene rings is 1. The summed E-state index contributed by atoms with van der Waals surface area (Å²) in [6.07, 6.45) is 0. The molecule has 0 unspecified atom stereocenters. The van der Waals surface area contributed by atoms with Crippen LogP contribution in [-0.2, 0) is 0 Å². The van der Waals surface area contributed by atoms with Gasteiger partial charge >= 0.3 is 0 Å². The summed E-state index contributed by atoms with van der Waals surface area (Å²) in [5.74, 6) is 0. The van der Waals surface area contributed by atoms with Crippen molar-refractivity contribution >= 4 is 23.0 Å². The Bertz CT molecular complexity index is 352. The average molecular weight is 240 g/mol. The lowest BCUT2D eigenvalue weighted by molar-refractivity contribution is -0.479. The van der Waals surface area contributed by atoms with Gasteiger partial charge in [0.15, 0.2) is 5.03 Å². The summed E-state index contributed by atoms with van der Waals surface area (Å²) in [4.78, 5) is 10.5. The molecule has 1 aromatic rings. The molecule has 0 atom stereocenters. The maximum absolute atomic E-state index is 10.5. The van der Waals surface area contributed by atoms with Gasteiger partial charge in [0, 0.05) is 13.1 Å². The molecular weight excluding hydrogens is 228 g/mol. The summed E-state index contributed by atoms with van der Waals surface area (Å²) in [6, 6.07) is 8.21. The van der Waals surface area contributed by atoms with Gasteiger partial charge in [-0.25, -0.2) is 10.1 Å². The zero-order chi connectivity index (χ0) is 12.0. The molecule has 6 nitrogen and oxygen atoms in total. The highest BCUT2D eigenvalue weighted by atomic mass is 32.1. The predicted molar refractivity (Wildman–Crippen MR) is 65.6 cm³/mol. The number of nitro groups is 1. The zero-order valence-electron chi connectivity index (χ0n) is 8.50. The molecule has 0 aliphatic carbocycles. The van der Waals surface area contributed by atoms with Crippen LogP contribution in [0.15, 0.2) is 30.3 Å². The highest BCUT2D eigenvalue weighted by Crippen LogP contribution is 2.12. The number of nitrogens with one attached hydrogen (secondary N) is 1. The molecule has 0 radical (unpaired) electrons. The molecule has 1 saturated heterocycles. The molecule has 1 aromatic carbocycles. The fourth-order valence-corrected chi connectivity index (χ4v) is 1.04. The van der Waals surface area contributed by atoms with Gasteiger partial charge in [0.05, 0.1) is 0 Å². The van der Waals surface area contributed by atoms with Crippen LogP contribution < -0.4 is 16.1 Å². The van der Waals surface area contributed by atoms with Crippen molar-refractivity contribution in [1.82, 2.24) is 5.32 Å². The number of nitrogens with two attached hydrogens (primary N) is 1. The number of hydrogen-bond donors (Lipinski definition) is 2. The van der Waals surface area contributed by atoms with Gasteiger partial charge in [0.1, 0.15) is 5.69 Å². The SMILES string of the molecule is C1CN1.NC(=S)N(c1ccccc1)[N+](=O)[O-]. The van der Waals surface area contributed by atoms with Crippen molar-refractivity contribution < 1.29 is 5.03 Å². The van der Waals surface area contributed by atoms with E-state index < -0.39 is 5.03 Å². The Morgan fingerprint density at radius 2 is 1.94 bits per heavy atom. The van der Waals surface area contributed by atoms with Gasteiger partial charge in [0.2, 0.25) is 5.11 Å². The standard InChI is InChI=1S/C7H7N3O2S.C2H5N/c8-7(13)9(10(11)12)6-4-2-1-3-5-6;1-2-3-1/h1-5H,(H2,8,13);3H,1-2H2. The largest absolute Gasteiger partial charge is 0.371 e. The molecule has 7 heteroatoms. The van der Waals surface area contributed by atoms with Crippen molar-refractivity contribution in [3.8, 4) is 0 Å². The molecule has 2 rings (SSSR count). The Morgan fingerprint density at radius 1 is 1.44 bits per heavy atom. The molecule has 1 heterocycles. The van der Waals surface area contributed by atoms with Gasteiger partial charge in [-0.2, -0.15) is 0 Å². The quantitative estimate of drug-likeness (QED) is 0.339. The molecule has 86 valence electrons. The molecule has 0 saturated carbocycles. The van der Waals surface area contributed by atoms with Crippen LogP contribution in [-0.4, -0.2) is 23.2 Å². The molecule has 1 aliphatic heterocycles. The van der Waals surface area contributed by atoms with Gasteiger partial charge < -0.3 is 11.1 Å². The van der Waals surface area contributed by atoms with Crippen LogP contribution >= 0.6 is 12.2 Å². The van der Waals surface area contributed by atoms with Gasteiger partial charge in [-0.05, 0) is 29.4 Å². The third-order valence-corrected chi connectivity index (χ3v) is 1.80. The number of rotatable bonds is 2. The second kappa shape index (κ2) is 5.99. The number of hydrogen-bond acceptors (Lipinski definition) is 4. The first-order valence-electron chi connectivity index (χ1n) is 4.62. The molecule has 1 aliphatic rings. The lowest BCUT2D eigenvalue weighted by atomic mass is 10.3. The fraction of sp³-hybridized carbons (Fsp3) is 0.222. The third-order valence-electron chi connectivity index (χ3n) is 1.62. The minimum absolute atomic E-state index is 0.281. The summed E-state index contributed by atoms with van der Waals surface area (Å²) in [5, 5.41) is 13.2. The maximum Gasteiger partial charge on any atom is 0.236 e. The molecular formula is C9H12N4O2S. The lowest BCUT2D eigenvalue weighted by Crippen LogP contribution is -2.40. The maximum atomic E-state index is 10.5. The first-order chi connectivity index (χ1) is 7.63. The molecule has 0 bridgehead atoms. The molecule has 0 amide bonds. The Hall–Kier alpha value is -1.73. The van der Waals surface area contributed by atoms with E-state index in [1.54, 1.807) is 30.3 Å². The monoisotopic (exact) mass is 240 g/mol. The van der Waals surface area contributed by atoms with Crippen molar-refractivity contribution in [2.45, 2.75) is 0 Å².